The molecule has 3 N–H and O–H groups in total. The van der Waals surface area contributed by atoms with Gasteiger partial charge in [-0.25, -0.2) is 0 Å². The Morgan fingerprint density at radius 2 is 2.03 bits per heavy atom. The number of ether oxygens (including phenoxy) is 2. The molecule has 1 heterocycles. The van der Waals surface area contributed by atoms with Crippen molar-refractivity contribution >= 4 is 18.1 Å². The molecule has 1 aliphatic heterocycles. The standard InChI is InChI=1S/C21H23F3N2O7/c1-10(29)26(9-21(22,23)24)14-7-13(20(31)25-3-4-27)16-12-5-11(8-28)6-15(32-2)18(12)33-19(16)17(14)30/h5-8,14,16-17,19,27,30H,3-4,9H2,1-2H3,(H,25,31). The van der Waals surface area contributed by atoms with E-state index in [9.17, 15) is 32.7 Å². The lowest BCUT2D eigenvalue weighted by Crippen LogP contribution is -2.57. The van der Waals surface area contributed by atoms with Crippen LogP contribution in [0.5, 0.6) is 11.5 Å². The molecule has 0 saturated carbocycles. The third-order valence-corrected chi connectivity index (χ3v) is 5.52. The van der Waals surface area contributed by atoms with Crippen molar-refractivity contribution < 1.29 is 47.2 Å². The summed E-state index contributed by atoms with van der Waals surface area (Å²) in [6.07, 6.45) is -5.97. The number of hydrogen-bond acceptors (Lipinski definition) is 7. The Morgan fingerprint density at radius 1 is 1.33 bits per heavy atom. The summed E-state index contributed by atoms with van der Waals surface area (Å²) in [5, 5.41) is 22.5. The van der Waals surface area contributed by atoms with Crippen molar-refractivity contribution in [1.82, 2.24) is 10.2 Å². The highest BCUT2D eigenvalue weighted by Crippen LogP contribution is 2.51. The molecular weight excluding hydrogens is 449 g/mol. The number of carbonyl (C=O) groups is 3. The number of alkyl halides is 3. The topological polar surface area (TPSA) is 125 Å². The summed E-state index contributed by atoms with van der Waals surface area (Å²) < 4.78 is 50.5. The summed E-state index contributed by atoms with van der Waals surface area (Å²) in [4.78, 5) is 36.8. The normalized spacial score (nSPS) is 23.5. The van der Waals surface area contributed by atoms with E-state index in [1.807, 2.05) is 0 Å². The van der Waals surface area contributed by atoms with Crippen molar-refractivity contribution in [2.24, 2.45) is 0 Å². The highest BCUT2D eigenvalue weighted by Gasteiger charge is 2.52. The zero-order valence-electron chi connectivity index (χ0n) is 17.8. The molecule has 2 amide bonds. The molecule has 0 spiro atoms. The number of benzene rings is 1. The fourth-order valence-corrected chi connectivity index (χ4v) is 4.18. The molecule has 0 radical (unpaired) electrons. The van der Waals surface area contributed by atoms with E-state index in [0.29, 0.717) is 16.7 Å². The third-order valence-electron chi connectivity index (χ3n) is 5.52. The summed E-state index contributed by atoms with van der Waals surface area (Å²) in [6.45, 7) is -1.24. The highest BCUT2D eigenvalue weighted by atomic mass is 19.4. The van der Waals surface area contributed by atoms with Crippen molar-refractivity contribution in [2.45, 2.75) is 37.3 Å². The maximum atomic E-state index is 13.2. The Balaban J connectivity index is 2.15. The van der Waals surface area contributed by atoms with Gasteiger partial charge in [-0.3, -0.25) is 14.4 Å². The van der Waals surface area contributed by atoms with Gasteiger partial charge >= 0.3 is 6.18 Å². The smallest absolute Gasteiger partial charge is 0.406 e. The molecule has 0 aromatic heterocycles. The van der Waals surface area contributed by atoms with E-state index in [1.165, 1.54) is 19.2 Å². The van der Waals surface area contributed by atoms with Crippen molar-refractivity contribution in [2.75, 3.05) is 26.8 Å². The third kappa shape index (κ3) is 4.81. The molecule has 0 saturated heterocycles. The zero-order valence-corrected chi connectivity index (χ0v) is 17.8. The number of aliphatic hydroxyl groups is 2. The van der Waals surface area contributed by atoms with Crippen LogP contribution in [0.2, 0.25) is 0 Å². The fourth-order valence-electron chi connectivity index (χ4n) is 4.18. The van der Waals surface area contributed by atoms with E-state index in [-0.39, 0.29) is 35.8 Å². The van der Waals surface area contributed by atoms with E-state index in [2.05, 4.69) is 5.32 Å². The Bertz CT molecular complexity index is 979. The van der Waals surface area contributed by atoms with Crippen LogP contribution in [-0.4, -0.2) is 84.4 Å². The SMILES string of the molecule is COc1cc(C=O)cc2c1OC1C2C(C(=O)NCCO)=CC(N(CC(F)(F)F)C(C)=O)C1O. The Labute approximate surface area is 186 Å². The van der Waals surface area contributed by atoms with Gasteiger partial charge in [-0.05, 0) is 18.2 Å². The lowest BCUT2D eigenvalue weighted by Gasteiger charge is -2.40. The molecule has 33 heavy (non-hydrogen) atoms. The molecule has 4 unspecified atom stereocenters. The molecule has 180 valence electrons. The van der Waals surface area contributed by atoms with Gasteiger partial charge in [0.1, 0.15) is 25.0 Å². The minimum atomic E-state index is -4.75. The van der Waals surface area contributed by atoms with E-state index >= 15 is 0 Å². The van der Waals surface area contributed by atoms with Gasteiger partial charge in [-0.1, -0.05) is 0 Å². The minimum Gasteiger partial charge on any atom is -0.493 e. The second kappa shape index (κ2) is 9.40. The average molecular weight is 472 g/mol. The first kappa shape index (κ1) is 24.5. The van der Waals surface area contributed by atoms with Gasteiger partial charge in [-0.15, -0.1) is 0 Å². The summed E-state index contributed by atoms with van der Waals surface area (Å²) >= 11 is 0. The molecule has 1 aromatic carbocycles. The van der Waals surface area contributed by atoms with Crippen LogP contribution in [0.1, 0.15) is 28.8 Å². The number of carbonyl (C=O) groups excluding carboxylic acids is 3. The van der Waals surface area contributed by atoms with Crippen LogP contribution in [0, 0.1) is 0 Å². The Morgan fingerprint density at radius 3 is 2.58 bits per heavy atom. The molecular formula is C21H23F3N2O7. The number of methoxy groups -OCH3 is 1. The monoisotopic (exact) mass is 472 g/mol. The lowest BCUT2D eigenvalue weighted by molar-refractivity contribution is -0.168. The first-order chi connectivity index (χ1) is 15.5. The van der Waals surface area contributed by atoms with Crippen molar-refractivity contribution in [3.63, 3.8) is 0 Å². The summed E-state index contributed by atoms with van der Waals surface area (Å²) in [5.74, 6) is -2.38. The van der Waals surface area contributed by atoms with Gasteiger partial charge in [0.15, 0.2) is 11.5 Å². The first-order valence-corrected chi connectivity index (χ1v) is 9.99. The Hall–Kier alpha value is -3.12. The molecule has 1 aliphatic carbocycles. The van der Waals surface area contributed by atoms with Gasteiger partial charge in [0.25, 0.3) is 0 Å². The number of halogens is 3. The van der Waals surface area contributed by atoms with Crippen molar-refractivity contribution in [3.05, 3.63) is 34.9 Å². The predicted octanol–water partition coefficient (Wildman–Crippen LogP) is 0.541. The molecule has 12 heteroatoms. The number of fused-ring (bicyclic) bond motifs is 3. The summed E-state index contributed by atoms with van der Waals surface area (Å²) in [5.41, 5.74) is 0.458. The van der Waals surface area contributed by atoms with Gasteiger partial charge in [0.2, 0.25) is 11.8 Å². The molecule has 0 fully saturated rings. The van der Waals surface area contributed by atoms with E-state index in [1.54, 1.807) is 0 Å². The van der Waals surface area contributed by atoms with E-state index < -0.39 is 48.7 Å². The van der Waals surface area contributed by atoms with Gasteiger partial charge < -0.3 is 29.9 Å². The average Bonchev–Trinajstić information content (AvgIpc) is 3.15. The van der Waals surface area contributed by atoms with Crippen molar-refractivity contribution in [3.8, 4) is 11.5 Å². The van der Waals surface area contributed by atoms with Crippen LogP contribution in [-0.2, 0) is 9.59 Å². The van der Waals surface area contributed by atoms with Crippen LogP contribution in [0.4, 0.5) is 13.2 Å². The number of nitrogens with zero attached hydrogens (tertiary/aromatic N) is 1. The summed E-state index contributed by atoms with van der Waals surface area (Å²) in [6, 6.07) is 1.30. The molecule has 0 bridgehead atoms. The Kier molecular flexibility index (Phi) is 6.98. The second-order valence-electron chi connectivity index (χ2n) is 7.66. The van der Waals surface area contributed by atoms with E-state index in [4.69, 9.17) is 14.6 Å². The number of amides is 2. The number of rotatable bonds is 7. The number of aliphatic hydroxyl groups excluding tert-OH is 2. The molecule has 3 rings (SSSR count). The highest BCUT2D eigenvalue weighted by molar-refractivity contribution is 5.96. The van der Waals surface area contributed by atoms with Crippen molar-refractivity contribution in [1.29, 1.82) is 0 Å². The molecule has 1 aromatic rings. The van der Waals surface area contributed by atoms with Crippen LogP contribution in [0.25, 0.3) is 0 Å². The maximum Gasteiger partial charge on any atom is 0.406 e. The predicted molar refractivity (Wildman–Crippen MR) is 107 cm³/mol. The van der Waals surface area contributed by atoms with Gasteiger partial charge in [-0.2, -0.15) is 13.2 Å². The largest absolute Gasteiger partial charge is 0.493 e. The number of hydrogen-bond donors (Lipinski definition) is 3. The van der Waals surface area contributed by atoms with Crippen LogP contribution in [0.3, 0.4) is 0 Å². The second-order valence-corrected chi connectivity index (χ2v) is 7.66. The fraction of sp³-hybridized carbons (Fsp3) is 0.476. The van der Waals surface area contributed by atoms with Crippen LogP contribution < -0.4 is 14.8 Å². The molecule has 9 nitrogen and oxygen atoms in total. The molecule has 2 aliphatic rings. The number of nitrogens with one attached hydrogen (secondary N) is 1. The minimum absolute atomic E-state index is 0.0685. The quantitative estimate of drug-likeness (QED) is 0.495. The first-order valence-electron chi connectivity index (χ1n) is 9.99. The number of aldehydes is 1. The molecule has 4 atom stereocenters. The van der Waals surface area contributed by atoms with Gasteiger partial charge in [0.05, 0.1) is 25.7 Å². The maximum absolute atomic E-state index is 13.2. The summed E-state index contributed by atoms with van der Waals surface area (Å²) in [7, 11) is 1.32. The van der Waals surface area contributed by atoms with Crippen LogP contribution in [0.15, 0.2) is 23.8 Å². The van der Waals surface area contributed by atoms with Crippen LogP contribution >= 0.6 is 0 Å². The lowest BCUT2D eigenvalue weighted by atomic mass is 9.77. The zero-order chi connectivity index (χ0) is 24.5. The van der Waals surface area contributed by atoms with Gasteiger partial charge in [0, 0.05) is 30.2 Å². The van der Waals surface area contributed by atoms with E-state index in [0.717, 1.165) is 13.0 Å².